The van der Waals surface area contributed by atoms with Crippen molar-refractivity contribution in [3.05, 3.63) is 96.1 Å². The van der Waals surface area contributed by atoms with Crippen molar-refractivity contribution in [1.29, 1.82) is 0 Å². The number of primary amides is 3. The number of nitrogen functional groups attached to an aromatic ring is 2. The van der Waals surface area contributed by atoms with Gasteiger partial charge in [0.1, 0.15) is 5.97 Å². The van der Waals surface area contributed by atoms with Crippen LogP contribution in [0.5, 0.6) is 0 Å². The second-order valence-electron chi connectivity index (χ2n) is 11.6. The Bertz CT molecular complexity index is 2380. The van der Waals surface area contributed by atoms with Gasteiger partial charge in [0.15, 0.2) is 13.2 Å². The first kappa shape index (κ1) is 63.9. The number of carboxylic acid groups (broad SMARTS) is 2. The second kappa shape index (κ2) is 30.7. The van der Waals surface area contributed by atoms with Gasteiger partial charge >= 0.3 is 54.1 Å². The molecule has 0 bridgehead atoms. The number of pyridine rings is 4. The van der Waals surface area contributed by atoms with Crippen molar-refractivity contribution in [2.24, 2.45) is 17.2 Å². The van der Waals surface area contributed by atoms with Crippen LogP contribution in [0.4, 0.5) is 44.7 Å². The van der Waals surface area contributed by atoms with Crippen LogP contribution in [0.2, 0.25) is 0 Å². The van der Waals surface area contributed by atoms with Crippen molar-refractivity contribution < 1.29 is 108 Å². The average Bonchev–Trinajstić information content (AvgIpc) is 3.22. The van der Waals surface area contributed by atoms with Crippen molar-refractivity contribution in [3.63, 3.8) is 0 Å². The molecule has 0 spiro atoms. The molecule has 13 N–H and O–H groups in total. The fourth-order valence-corrected chi connectivity index (χ4v) is 3.33. The van der Waals surface area contributed by atoms with Gasteiger partial charge in [-0.1, -0.05) is 7.43 Å². The summed E-state index contributed by atoms with van der Waals surface area (Å²) in [4.78, 5) is 120. The van der Waals surface area contributed by atoms with E-state index in [1.54, 1.807) is 0 Å². The number of nitrogens with zero attached hydrogens (tertiary/aromatic N) is 4. The Hall–Kier alpha value is -8.36. The smallest absolute Gasteiger partial charge is 0.540 e. The monoisotopic (exact) mass is 983 g/mol. The summed E-state index contributed by atoms with van der Waals surface area (Å²) < 4.78 is 66.7. The molecular weight excluding hydrogens is 948 g/mol. The molecule has 0 fully saturated rings. The summed E-state index contributed by atoms with van der Waals surface area (Å²) in [7, 11) is 0. The largest absolute Gasteiger partial charge is 1.00 e. The van der Waals surface area contributed by atoms with Gasteiger partial charge < -0.3 is 63.8 Å². The van der Waals surface area contributed by atoms with Gasteiger partial charge in [0.2, 0.25) is 17.7 Å². The van der Waals surface area contributed by atoms with Crippen LogP contribution >= 0.6 is 11.6 Å². The van der Waals surface area contributed by atoms with Crippen molar-refractivity contribution in [3.8, 4) is 0 Å². The van der Waals surface area contributed by atoms with E-state index in [-0.39, 0.29) is 54.4 Å². The summed E-state index contributed by atoms with van der Waals surface area (Å²) in [5, 5.41) is 21.0. The Balaban J connectivity index is -0.000000793. The zero-order valence-corrected chi connectivity index (χ0v) is 34.8. The maximum Gasteiger partial charge on any atom is 1.00 e. The molecule has 5 amide bonds. The van der Waals surface area contributed by atoms with Crippen LogP contribution in [-0.2, 0) is 38.2 Å². The van der Waals surface area contributed by atoms with E-state index in [1.807, 2.05) is 10.6 Å². The minimum atomic E-state index is -4.73. The maximum atomic E-state index is 11.9. The number of hydrogen-bond acceptors (Lipinski definition) is 19. The number of aromatic nitrogens is 4. The first-order chi connectivity index (χ1) is 30.4. The van der Waals surface area contributed by atoms with Crippen LogP contribution in [0.1, 0.15) is 55.8 Å². The normalized spacial score (nSPS) is 9.69. The molecular formula is C36H36ClF5LiN11O14. The molecule has 362 valence electrons. The molecule has 25 nitrogen and oxygen atoms in total. The Kier molecular flexibility index (Phi) is 28.9. The van der Waals surface area contributed by atoms with Gasteiger partial charge in [-0.3, -0.25) is 48.7 Å². The number of anilines is 4. The summed E-state index contributed by atoms with van der Waals surface area (Å²) >= 11 is 4.60. The summed E-state index contributed by atoms with van der Waals surface area (Å²) in [6.45, 7) is -2.46. The standard InChI is InChI=1S/C10H8F3N3O4.C8H7N3O4.C6H7N3O.C6H6N2O2.C5H5ClF2O3.CH4.Li/c11-10(12,13)4-20-9(19)8(18)16-6-1-5(7(14)17)2-15-3-6;9-6(12)4-1-5(3-10-2-4)11-7(13)8(14)15;7-5-1-4(6(8)10)2-9-3-5;7-5-1-4(6(9)10)2-8-3-5;1-5(7,8)2-11-4(10)3(6)9;;/h1-3H,4H2,(H2,14,17)(H,16,18);1-3H,(H2,9,12)(H,11,13)(H,14,15);1-3H,7H2,(H2,8,10);1-3H,7H2,(H,9,10);2H2,1H3;1H4;/q;;;;;;+1/p-1. The van der Waals surface area contributed by atoms with Crippen LogP contribution in [0, 0.1) is 0 Å². The van der Waals surface area contributed by atoms with Gasteiger partial charge in [0.25, 0.3) is 11.8 Å². The van der Waals surface area contributed by atoms with E-state index in [4.69, 9.17) is 33.8 Å². The first-order valence-corrected chi connectivity index (χ1v) is 17.1. The number of aromatic carboxylic acids is 1. The molecule has 4 aromatic rings. The molecule has 0 aliphatic rings. The Morgan fingerprint density at radius 1 is 0.618 bits per heavy atom. The Labute approximate surface area is 395 Å². The molecule has 0 radical (unpaired) electrons. The van der Waals surface area contributed by atoms with Crippen LogP contribution in [0.15, 0.2) is 73.8 Å². The Morgan fingerprint density at radius 3 is 1.28 bits per heavy atom. The molecule has 0 aliphatic heterocycles. The third kappa shape index (κ3) is 29.2. The third-order valence-corrected chi connectivity index (χ3v) is 6.12. The predicted octanol–water partition coefficient (Wildman–Crippen LogP) is -3.19. The third-order valence-electron chi connectivity index (χ3n) is 5.97. The zero-order chi connectivity index (χ0) is 50.9. The molecule has 4 rings (SSSR count). The van der Waals surface area contributed by atoms with Crippen LogP contribution in [0.3, 0.4) is 0 Å². The average molecular weight is 984 g/mol. The molecule has 68 heavy (non-hydrogen) atoms. The number of halogens is 6. The van der Waals surface area contributed by atoms with Gasteiger partial charge in [-0.15, -0.1) is 0 Å². The fourth-order valence-electron chi connectivity index (χ4n) is 3.28. The molecule has 0 aromatic carbocycles. The molecule has 0 saturated heterocycles. The number of aliphatic carboxylic acids is 1. The number of ether oxygens (including phenoxy) is 2. The van der Waals surface area contributed by atoms with Crippen molar-refractivity contribution in [2.75, 3.05) is 35.3 Å². The number of rotatable bonds is 10. The number of alkyl halides is 5. The first-order valence-electron chi connectivity index (χ1n) is 16.7. The molecule has 0 unspecified atom stereocenters. The zero-order valence-electron chi connectivity index (χ0n) is 34.0. The molecule has 0 saturated carbocycles. The van der Waals surface area contributed by atoms with Gasteiger partial charge in [-0.25, -0.2) is 23.2 Å². The summed E-state index contributed by atoms with van der Waals surface area (Å²) in [6.07, 6.45) is 5.28. The van der Waals surface area contributed by atoms with Crippen LogP contribution in [0.25, 0.3) is 0 Å². The maximum absolute atomic E-state index is 11.9. The molecule has 0 aliphatic carbocycles. The summed E-state index contributed by atoms with van der Waals surface area (Å²) in [5.74, 6) is -14.0. The van der Waals surface area contributed by atoms with E-state index in [0.29, 0.717) is 23.9 Å². The predicted molar refractivity (Wildman–Crippen MR) is 217 cm³/mol. The molecule has 0 atom stereocenters. The van der Waals surface area contributed by atoms with E-state index >= 15 is 0 Å². The van der Waals surface area contributed by atoms with Crippen LogP contribution in [-0.4, -0.2) is 109 Å². The molecule has 32 heteroatoms. The minimum Gasteiger partial charge on any atom is -0.540 e. The topological polar surface area (TPSA) is 438 Å². The number of carbonyl (C=O) groups excluding carboxylic acids is 9. The minimum absolute atomic E-state index is 0. The van der Waals surface area contributed by atoms with Crippen molar-refractivity contribution >= 4 is 93.0 Å². The Morgan fingerprint density at radius 2 is 0.971 bits per heavy atom. The van der Waals surface area contributed by atoms with E-state index in [9.17, 15) is 75.0 Å². The van der Waals surface area contributed by atoms with E-state index < -0.39 is 84.0 Å². The number of nitrogens with one attached hydrogen (secondary N) is 2. The number of amides is 5. The fraction of sp³-hybridized carbons (Fsp3) is 0.167. The van der Waals surface area contributed by atoms with Gasteiger partial charge in [0, 0.05) is 44.1 Å². The van der Waals surface area contributed by atoms with Gasteiger partial charge in [0.05, 0.1) is 57.4 Å². The molecule has 4 heterocycles. The number of nitrogens with two attached hydrogens (primary N) is 5. The van der Waals surface area contributed by atoms with Crippen molar-refractivity contribution in [1.82, 2.24) is 19.9 Å². The number of hydrogen-bond donors (Lipinski definition) is 8. The van der Waals surface area contributed by atoms with E-state index in [0.717, 1.165) is 18.5 Å². The molecule has 4 aromatic heterocycles. The van der Waals surface area contributed by atoms with E-state index in [2.05, 4.69) is 41.0 Å². The summed E-state index contributed by atoms with van der Waals surface area (Å²) in [6, 6.07) is 5.14. The summed E-state index contributed by atoms with van der Waals surface area (Å²) in [5.41, 5.74) is 26.7. The van der Waals surface area contributed by atoms with Gasteiger partial charge in [-0.2, -0.15) is 13.2 Å². The number of carboxylic acids is 2. The second-order valence-corrected chi connectivity index (χ2v) is 12.0. The number of carbonyl (C=O) groups is 10. The quantitative estimate of drug-likeness (QED) is 0.0255. The SMILES string of the molecule is C.CC(F)(F)COC(=O)C(=O)Cl.NC(=O)c1cncc(N)c1.NC(=O)c1cncc(NC(=O)C(=O)OCC(F)(F)F)c1.NC(=O)c1cncc(NC(=O)C(=O)[O-])c1.Nc1cncc(C(=O)O)c1.[Li+]. The number of esters is 2. The van der Waals surface area contributed by atoms with E-state index in [1.165, 1.54) is 55.4 Å². The van der Waals surface area contributed by atoms with Gasteiger partial charge in [-0.05, 0) is 35.9 Å². The van der Waals surface area contributed by atoms with Crippen molar-refractivity contribution in [2.45, 2.75) is 26.4 Å². The van der Waals surface area contributed by atoms with Crippen LogP contribution < -0.4 is 63.3 Å².